The number of nitrogens with zero attached hydrogens (tertiary/aromatic N) is 2. The summed E-state index contributed by atoms with van der Waals surface area (Å²) in [5.74, 6) is -0.407. The summed E-state index contributed by atoms with van der Waals surface area (Å²) in [7, 11) is 0. The fraction of sp³-hybridized carbons (Fsp3) is 0.481. The number of carbonyl (C=O) groups excluding carboxylic acids is 1. The van der Waals surface area contributed by atoms with E-state index < -0.39 is 17.7 Å². The molecule has 9 heteroatoms. The predicted molar refractivity (Wildman–Crippen MR) is 126 cm³/mol. The molecule has 2 aromatic rings. The van der Waals surface area contributed by atoms with E-state index in [1.807, 2.05) is 6.07 Å². The molecule has 5 rings (SSSR count). The van der Waals surface area contributed by atoms with Crippen LogP contribution in [0.2, 0.25) is 0 Å². The zero-order valence-electron chi connectivity index (χ0n) is 19.8. The summed E-state index contributed by atoms with van der Waals surface area (Å²) >= 11 is 0. The molecule has 2 aromatic carbocycles. The highest BCUT2D eigenvalue weighted by atomic mass is 19.4. The number of alkyl halides is 3. The summed E-state index contributed by atoms with van der Waals surface area (Å²) in [5.41, 5.74) is 1.02. The van der Waals surface area contributed by atoms with Gasteiger partial charge in [-0.05, 0) is 87.0 Å². The number of hydrogen-bond acceptors (Lipinski definition) is 4. The predicted octanol–water partition coefficient (Wildman–Crippen LogP) is 5.13. The van der Waals surface area contributed by atoms with Crippen LogP contribution in [0.15, 0.2) is 42.5 Å². The maximum atomic E-state index is 13.2. The van der Waals surface area contributed by atoms with Crippen molar-refractivity contribution >= 4 is 11.9 Å². The third kappa shape index (κ3) is 5.07. The van der Waals surface area contributed by atoms with Crippen molar-refractivity contribution in [1.29, 1.82) is 0 Å². The van der Waals surface area contributed by atoms with Crippen LogP contribution in [0.3, 0.4) is 0 Å². The number of benzene rings is 2. The summed E-state index contributed by atoms with van der Waals surface area (Å²) in [4.78, 5) is 28.4. The second-order valence-electron chi connectivity index (χ2n) is 10.0. The van der Waals surface area contributed by atoms with Crippen molar-refractivity contribution in [2.75, 3.05) is 19.8 Å². The molecule has 3 aliphatic rings. The van der Waals surface area contributed by atoms with Crippen LogP contribution >= 0.6 is 0 Å². The highest BCUT2D eigenvalue weighted by molar-refractivity contribution is 5.87. The Morgan fingerprint density at radius 2 is 1.78 bits per heavy atom. The second kappa shape index (κ2) is 9.76. The number of amides is 1. The number of rotatable bonds is 4. The molecular formula is C27H29F3N2O4. The number of carboxylic acid groups (broad SMARTS) is 1. The third-order valence-corrected chi connectivity index (χ3v) is 7.84. The van der Waals surface area contributed by atoms with Crippen LogP contribution in [0.25, 0.3) is 0 Å². The van der Waals surface area contributed by atoms with E-state index in [0.717, 1.165) is 62.9 Å². The summed E-state index contributed by atoms with van der Waals surface area (Å²) in [6.45, 7) is 1.97. The maximum Gasteiger partial charge on any atom is 0.416 e. The number of piperidine rings is 1. The fourth-order valence-corrected chi connectivity index (χ4v) is 5.86. The average Bonchev–Trinajstić information content (AvgIpc) is 3.37. The largest absolute Gasteiger partial charge is 0.478 e. The average molecular weight is 503 g/mol. The minimum Gasteiger partial charge on any atom is -0.478 e. The summed E-state index contributed by atoms with van der Waals surface area (Å²) in [6, 6.07) is 10.9. The smallest absolute Gasteiger partial charge is 0.416 e. The number of carboxylic acids is 1. The first kappa shape index (κ1) is 24.6. The topological polar surface area (TPSA) is 70.1 Å². The van der Waals surface area contributed by atoms with E-state index in [2.05, 4.69) is 4.90 Å². The lowest BCUT2D eigenvalue weighted by Crippen LogP contribution is -2.42. The van der Waals surface area contributed by atoms with Gasteiger partial charge in [-0.3, -0.25) is 4.79 Å². The number of likely N-dealkylation sites (tertiary alicyclic amines) is 1. The van der Waals surface area contributed by atoms with Crippen molar-refractivity contribution in [2.45, 2.75) is 56.8 Å². The first-order valence-corrected chi connectivity index (χ1v) is 12.4. The number of halogens is 3. The number of aromatic carboxylic acids is 1. The Morgan fingerprint density at radius 1 is 1.00 bits per heavy atom. The van der Waals surface area contributed by atoms with Gasteiger partial charge in [-0.25, -0.2) is 4.79 Å². The van der Waals surface area contributed by atoms with Gasteiger partial charge in [0.15, 0.2) is 6.73 Å². The van der Waals surface area contributed by atoms with E-state index in [0.29, 0.717) is 28.8 Å². The molecule has 0 bridgehead atoms. The number of fused-ring (bicyclic) bond motifs is 1. The quantitative estimate of drug-likeness (QED) is 0.628. The van der Waals surface area contributed by atoms with Gasteiger partial charge in [-0.1, -0.05) is 12.1 Å². The maximum absolute atomic E-state index is 13.2. The Balaban J connectivity index is 1.16. The van der Waals surface area contributed by atoms with Crippen LogP contribution in [-0.4, -0.2) is 52.6 Å². The second-order valence-corrected chi connectivity index (χ2v) is 10.0. The Hall–Kier alpha value is -3.07. The Morgan fingerprint density at radius 3 is 2.50 bits per heavy atom. The van der Waals surface area contributed by atoms with Gasteiger partial charge in [0.1, 0.15) is 5.75 Å². The molecule has 0 aromatic heterocycles. The van der Waals surface area contributed by atoms with E-state index in [1.54, 1.807) is 18.2 Å². The standard InChI is InChI=1S/C27H29F3N2O4/c28-27(29,30)22-5-7-24-21(13-22)15-32(16-36-24)25(33)19-4-6-23(14-19)31-10-8-17(9-11-31)18-2-1-3-20(12-18)26(34)35/h1-3,5,7,12-13,17,19,23H,4,6,8-11,14-16H2,(H,34,35)/t19-,23?/m0/s1. The molecule has 2 atom stereocenters. The monoisotopic (exact) mass is 502 g/mol. The van der Waals surface area contributed by atoms with Crippen LogP contribution in [-0.2, 0) is 17.5 Å². The third-order valence-electron chi connectivity index (χ3n) is 7.84. The Kier molecular flexibility index (Phi) is 6.68. The van der Waals surface area contributed by atoms with Crippen molar-refractivity contribution in [2.24, 2.45) is 5.92 Å². The zero-order chi connectivity index (χ0) is 25.4. The molecule has 1 saturated carbocycles. The minimum atomic E-state index is -4.44. The van der Waals surface area contributed by atoms with Gasteiger partial charge >= 0.3 is 12.1 Å². The van der Waals surface area contributed by atoms with Gasteiger partial charge in [0, 0.05) is 17.5 Å². The SMILES string of the molecule is O=C(O)c1cccc(C2CCN(C3CC[C@H](C(=O)N4COc5ccc(C(F)(F)F)cc5C4)C3)CC2)c1. The molecule has 2 heterocycles. The zero-order valence-corrected chi connectivity index (χ0v) is 19.8. The van der Waals surface area contributed by atoms with E-state index in [4.69, 9.17) is 4.74 Å². The van der Waals surface area contributed by atoms with Crippen LogP contribution < -0.4 is 4.74 Å². The summed E-state index contributed by atoms with van der Waals surface area (Å²) in [6.07, 6.45) is -0.140. The van der Waals surface area contributed by atoms with E-state index in [-0.39, 0.29) is 25.1 Å². The molecule has 192 valence electrons. The molecule has 1 unspecified atom stereocenters. The first-order valence-electron chi connectivity index (χ1n) is 12.4. The van der Waals surface area contributed by atoms with Gasteiger partial charge in [0.2, 0.25) is 5.91 Å². The Bertz CT molecular complexity index is 1140. The highest BCUT2D eigenvalue weighted by Crippen LogP contribution is 2.38. The molecule has 2 aliphatic heterocycles. The van der Waals surface area contributed by atoms with Gasteiger partial charge in [-0.2, -0.15) is 13.2 Å². The number of ether oxygens (including phenoxy) is 1. The molecular weight excluding hydrogens is 473 g/mol. The van der Waals surface area contributed by atoms with Gasteiger partial charge < -0.3 is 19.6 Å². The van der Waals surface area contributed by atoms with E-state index in [9.17, 15) is 27.9 Å². The van der Waals surface area contributed by atoms with Crippen molar-refractivity contribution in [3.05, 3.63) is 64.7 Å². The lowest BCUT2D eigenvalue weighted by molar-refractivity contribution is -0.140. The van der Waals surface area contributed by atoms with Crippen LogP contribution in [0.4, 0.5) is 13.2 Å². The number of carbonyl (C=O) groups is 2. The van der Waals surface area contributed by atoms with Crippen LogP contribution in [0, 0.1) is 5.92 Å². The Labute approximate surface area is 207 Å². The van der Waals surface area contributed by atoms with Crippen molar-refractivity contribution < 1.29 is 32.6 Å². The van der Waals surface area contributed by atoms with Crippen molar-refractivity contribution in [3.63, 3.8) is 0 Å². The minimum absolute atomic E-state index is 0.0547. The molecule has 0 spiro atoms. The van der Waals surface area contributed by atoms with Gasteiger partial charge in [-0.15, -0.1) is 0 Å². The molecule has 1 amide bonds. The normalized spacial score (nSPS) is 23.2. The number of hydrogen-bond donors (Lipinski definition) is 1. The molecule has 1 aliphatic carbocycles. The lowest BCUT2D eigenvalue weighted by Gasteiger charge is -2.36. The van der Waals surface area contributed by atoms with Crippen molar-refractivity contribution in [1.82, 2.24) is 9.80 Å². The summed E-state index contributed by atoms with van der Waals surface area (Å²) < 4.78 is 44.9. The molecule has 1 saturated heterocycles. The van der Waals surface area contributed by atoms with E-state index >= 15 is 0 Å². The van der Waals surface area contributed by atoms with Crippen LogP contribution in [0.1, 0.15) is 65.1 Å². The van der Waals surface area contributed by atoms with Gasteiger partial charge in [0.05, 0.1) is 17.7 Å². The molecule has 0 radical (unpaired) electrons. The lowest BCUT2D eigenvalue weighted by atomic mass is 9.88. The molecule has 36 heavy (non-hydrogen) atoms. The fourth-order valence-electron chi connectivity index (χ4n) is 5.86. The molecule has 6 nitrogen and oxygen atoms in total. The molecule has 2 fully saturated rings. The van der Waals surface area contributed by atoms with E-state index in [1.165, 1.54) is 11.0 Å². The van der Waals surface area contributed by atoms with Gasteiger partial charge in [0.25, 0.3) is 0 Å². The highest BCUT2D eigenvalue weighted by Gasteiger charge is 2.38. The first-order chi connectivity index (χ1) is 17.2. The summed E-state index contributed by atoms with van der Waals surface area (Å²) in [5, 5.41) is 9.26. The van der Waals surface area contributed by atoms with Crippen LogP contribution in [0.5, 0.6) is 5.75 Å². The van der Waals surface area contributed by atoms with Crippen molar-refractivity contribution in [3.8, 4) is 5.75 Å². The molecule has 1 N–H and O–H groups in total.